The minimum atomic E-state index is -0.582. The van der Waals surface area contributed by atoms with Gasteiger partial charge in [0.05, 0.1) is 18.8 Å². The number of benzene rings is 1. The van der Waals surface area contributed by atoms with E-state index in [1.807, 2.05) is 0 Å². The summed E-state index contributed by atoms with van der Waals surface area (Å²) in [5.74, 6) is -1.60. The van der Waals surface area contributed by atoms with E-state index in [2.05, 4.69) is 21.2 Å². The van der Waals surface area contributed by atoms with E-state index in [1.165, 1.54) is 6.07 Å². The van der Waals surface area contributed by atoms with Crippen LogP contribution in [0.2, 0.25) is 0 Å². The number of halogens is 2. The third-order valence-corrected chi connectivity index (χ3v) is 3.28. The molecule has 106 valence electrons. The number of hydrogen-bond donors (Lipinski definition) is 2. The molecule has 0 saturated carbocycles. The van der Waals surface area contributed by atoms with Crippen molar-refractivity contribution in [1.29, 1.82) is 0 Å². The van der Waals surface area contributed by atoms with Gasteiger partial charge in [0.2, 0.25) is 0 Å². The van der Waals surface area contributed by atoms with Crippen molar-refractivity contribution < 1.29 is 19.1 Å². The molecule has 5 nitrogen and oxygen atoms in total. The van der Waals surface area contributed by atoms with E-state index >= 15 is 0 Å². The molecule has 1 heterocycles. The highest BCUT2D eigenvalue weighted by Crippen LogP contribution is 2.26. The molecule has 1 aliphatic rings. The summed E-state index contributed by atoms with van der Waals surface area (Å²) in [6, 6.07) is 3.09. The number of amides is 2. The van der Waals surface area contributed by atoms with Gasteiger partial charge in [0.1, 0.15) is 11.5 Å². The molecule has 1 aromatic rings. The van der Waals surface area contributed by atoms with Crippen molar-refractivity contribution in [2.45, 2.75) is 6.92 Å². The van der Waals surface area contributed by atoms with Crippen molar-refractivity contribution in [3.8, 4) is 0 Å². The zero-order valence-corrected chi connectivity index (χ0v) is 12.2. The second kappa shape index (κ2) is 5.72. The average Bonchev–Trinajstić information content (AvgIpc) is 2.63. The van der Waals surface area contributed by atoms with E-state index < -0.39 is 17.6 Å². The lowest BCUT2D eigenvalue weighted by Crippen LogP contribution is -2.34. The lowest BCUT2D eigenvalue weighted by Gasteiger charge is -2.14. The maximum Gasteiger partial charge on any atom is 0.277 e. The zero-order valence-electron chi connectivity index (χ0n) is 10.6. The van der Waals surface area contributed by atoms with Crippen molar-refractivity contribution in [3.05, 3.63) is 39.8 Å². The van der Waals surface area contributed by atoms with Gasteiger partial charge in [-0.05, 0) is 24.6 Å². The van der Waals surface area contributed by atoms with Crippen molar-refractivity contribution >= 4 is 33.4 Å². The number of aliphatic hydroxyl groups is 1. The van der Waals surface area contributed by atoms with Crippen LogP contribution in [0.3, 0.4) is 0 Å². The number of nitrogens with zero attached hydrogens (tertiary/aromatic N) is 1. The molecule has 0 aliphatic carbocycles. The van der Waals surface area contributed by atoms with Crippen LogP contribution >= 0.6 is 15.9 Å². The standard InChI is InChI=1S/C13H12BrFN2O3/c1-7-4-8(14)5-9(12(7)15)16-10-6-11(19)17(2-3-18)13(10)20/h4-6,16,18H,2-3H2,1H3. The van der Waals surface area contributed by atoms with Crippen molar-refractivity contribution in [1.82, 2.24) is 4.90 Å². The maximum atomic E-state index is 13.9. The van der Waals surface area contributed by atoms with Crippen LogP contribution in [0, 0.1) is 12.7 Å². The van der Waals surface area contributed by atoms with Gasteiger partial charge in [-0.15, -0.1) is 0 Å². The van der Waals surface area contributed by atoms with Gasteiger partial charge in [0.15, 0.2) is 0 Å². The van der Waals surface area contributed by atoms with E-state index in [9.17, 15) is 14.0 Å². The number of nitrogens with one attached hydrogen (secondary N) is 1. The molecule has 20 heavy (non-hydrogen) atoms. The Bertz CT molecular complexity index is 616. The molecule has 0 radical (unpaired) electrons. The van der Waals surface area contributed by atoms with Gasteiger partial charge in [0, 0.05) is 10.5 Å². The van der Waals surface area contributed by atoms with Crippen LogP contribution in [0.4, 0.5) is 10.1 Å². The first-order chi connectivity index (χ1) is 9.43. The summed E-state index contributed by atoms with van der Waals surface area (Å²) in [5, 5.41) is 11.4. The van der Waals surface area contributed by atoms with E-state index in [0.717, 1.165) is 11.0 Å². The predicted octanol–water partition coefficient (Wildman–Crippen LogP) is 1.55. The Labute approximate surface area is 123 Å². The van der Waals surface area contributed by atoms with E-state index in [4.69, 9.17) is 5.11 Å². The molecule has 0 aromatic heterocycles. The fourth-order valence-electron chi connectivity index (χ4n) is 1.87. The number of aryl methyl sites for hydroxylation is 1. The van der Waals surface area contributed by atoms with Gasteiger partial charge in [-0.3, -0.25) is 14.5 Å². The topological polar surface area (TPSA) is 69.6 Å². The summed E-state index contributed by atoms with van der Waals surface area (Å²) >= 11 is 3.24. The van der Waals surface area contributed by atoms with Crippen molar-refractivity contribution in [2.75, 3.05) is 18.5 Å². The summed E-state index contributed by atoms with van der Waals surface area (Å²) in [6.45, 7) is 1.20. The van der Waals surface area contributed by atoms with Gasteiger partial charge in [-0.25, -0.2) is 4.39 Å². The first kappa shape index (κ1) is 14.7. The molecule has 0 spiro atoms. The van der Waals surface area contributed by atoms with E-state index in [1.54, 1.807) is 13.0 Å². The number of β-amino-alcohol motifs (C(OH)–C–C–N with tert-alkyl or cyclic N) is 1. The van der Waals surface area contributed by atoms with Gasteiger partial charge >= 0.3 is 0 Å². The lowest BCUT2D eigenvalue weighted by molar-refractivity contribution is -0.137. The van der Waals surface area contributed by atoms with Crippen molar-refractivity contribution in [3.63, 3.8) is 0 Å². The lowest BCUT2D eigenvalue weighted by atomic mass is 10.2. The largest absolute Gasteiger partial charge is 0.395 e. The minimum Gasteiger partial charge on any atom is -0.395 e. The summed E-state index contributed by atoms with van der Waals surface area (Å²) in [5.41, 5.74) is 0.501. The molecule has 0 atom stereocenters. The monoisotopic (exact) mass is 342 g/mol. The van der Waals surface area contributed by atoms with Crippen LogP contribution in [0.25, 0.3) is 0 Å². The van der Waals surface area contributed by atoms with E-state index in [-0.39, 0.29) is 24.5 Å². The fourth-order valence-corrected chi connectivity index (χ4v) is 2.44. The zero-order chi connectivity index (χ0) is 14.9. The first-order valence-electron chi connectivity index (χ1n) is 5.85. The summed E-state index contributed by atoms with van der Waals surface area (Å²) < 4.78 is 14.6. The highest BCUT2D eigenvalue weighted by Gasteiger charge is 2.31. The Morgan fingerprint density at radius 2 is 2.10 bits per heavy atom. The summed E-state index contributed by atoms with van der Waals surface area (Å²) in [6.07, 6.45) is 1.09. The quantitative estimate of drug-likeness (QED) is 0.814. The summed E-state index contributed by atoms with van der Waals surface area (Å²) in [7, 11) is 0. The van der Waals surface area contributed by atoms with E-state index in [0.29, 0.717) is 10.0 Å². The second-order valence-corrected chi connectivity index (χ2v) is 5.20. The molecular weight excluding hydrogens is 331 g/mol. The molecule has 0 unspecified atom stereocenters. The molecule has 7 heteroatoms. The SMILES string of the molecule is Cc1cc(Br)cc(NC2=CC(=O)N(CCO)C2=O)c1F. The molecule has 1 aromatic carbocycles. The summed E-state index contributed by atoms with van der Waals surface area (Å²) in [4.78, 5) is 24.4. The van der Waals surface area contributed by atoms with Crippen LogP contribution in [0.5, 0.6) is 0 Å². The molecule has 1 aliphatic heterocycles. The normalized spacial score (nSPS) is 14.8. The highest BCUT2D eigenvalue weighted by molar-refractivity contribution is 9.10. The Hall–Kier alpha value is -1.73. The fraction of sp³-hybridized carbons (Fsp3) is 0.231. The molecule has 2 N–H and O–H groups in total. The van der Waals surface area contributed by atoms with Crippen LogP contribution in [0.1, 0.15) is 5.56 Å². The number of imide groups is 1. The first-order valence-corrected chi connectivity index (χ1v) is 6.64. The minimum absolute atomic E-state index is 0.0140. The third kappa shape index (κ3) is 2.73. The van der Waals surface area contributed by atoms with Gasteiger partial charge < -0.3 is 10.4 Å². The van der Waals surface area contributed by atoms with Crippen LogP contribution in [-0.4, -0.2) is 35.0 Å². The Morgan fingerprint density at radius 1 is 1.40 bits per heavy atom. The smallest absolute Gasteiger partial charge is 0.277 e. The number of hydrogen-bond acceptors (Lipinski definition) is 4. The number of rotatable bonds is 4. The Balaban J connectivity index is 2.26. The average molecular weight is 343 g/mol. The number of carbonyl (C=O) groups is 2. The second-order valence-electron chi connectivity index (χ2n) is 4.29. The van der Waals surface area contributed by atoms with Gasteiger partial charge in [-0.1, -0.05) is 15.9 Å². The van der Waals surface area contributed by atoms with Crippen LogP contribution in [0.15, 0.2) is 28.4 Å². The number of aliphatic hydroxyl groups excluding tert-OH is 1. The molecule has 0 bridgehead atoms. The van der Waals surface area contributed by atoms with Gasteiger partial charge in [-0.2, -0.15) is 0 Å². The third-order valence-electron chi connectivity index (χ3n) is 2.82. The Morgan fingerprint density at radius 3 is 2.75 bits per heavy atom. The molecule has 0 saturated heterocycles. The number of anilines is 1. The highest BCUT2D eigenvalue weighted by atomic mass is 79.9. The Kier molecular flexibility index (Phi) is 4.20. The molecule has 2 amide bonds. The predicted molar refractivity (Wildman–Crippen MR) is 74.3 cm³/mol. The maximum absolute atomic E-state index is 13.9. The molecule has 2 rings (SSSR count). The molecule has 0 fully saturated rings. The van der Waals surface area contributed by atoms with Gasteiger partial charge in [0.25, 0.3) is 11.8 Å². The number of carbonyl (C=O) groups excluding carboxylic acids is 2. The van der Waals surface area contributed by atoms with Crippen LogP contribution < -0.4 is 5.32 Å². The van der Waals surface area contributed by atoms with Crippen LogP contribution in [-0.2, 0) is 9.59 Å². The molecular formula is C13H12BrFN2O3. The van der Waals surface area contributed by atoms with Crippen molar-refractivity contribution in [2.24, 2.45) is 0 Å².